The maximum Gasteiger partial charge on any atom is 0.253 e. The average molecular weight is 352 g/mol. The van der Waals surface area contributed by atoms with Gasteiger partial charge in [-0.1, -0.05) is 18.2 Å². The van der Waals surface area contributed by atoms with E-state index < -0.39 is 0 Å². The summed E-state index contributed by atoms with van der Waals surface area (Å²) in [5.41, 5.74) is 0.725. The van der Waals surface area contributed by atoms with Crippen molar-refractivity contribution in [3.8, 4) is 0 Å². The number of nitrogens with one attached hydrogen (secondary N) is 2. The van der Waals surface area contributed by atoms with E-state index in [1.165, 1.54) is 6.42 Å². The number of benzene rings is 1. The van der Waals surface area contributed by atoms with Crippen LogP contribution in [0.15, 0.2) is 30.3 Å². The molecule has 2 aliphatic rings. The normalized spacial score (nSPS) is 21.2. The molecule has 0 aliphatic carbocycles. The van der Waals surface area contributed by atoms with E-state index in [9.17, 15) is 9.59 Å². The van der Waals surface area contributed by atoms with E-state index in [-0.39, 0.29) is 30.1 Å². The molecule has 6 heteroatoms. The highest BCUT2D eigenvalue weighted by atomic mass is 35.5. The smallest absolute Gasteiger partial charge is 0.253 e. The van der Waals surface area contributed by atoms with Gasteiger partial charge in [-0.15, -0.1) is 12.4 Å². The molecule has 0 spiro atoms. The summed E-state index contributed by atoms with van der Waals surface area (Å²) in [4.78, 5) is 26.5. The largest absolute Gasteiger partial charge is 0.354 e. The topological polar surface area (TPSA) is 61.4 Å². The Labute approximate surface area is 149 Å². The van der Waals surface area contributed by atoms with Crippen molar-refractivity contribution in [2.75, 3.05) is 26.2 Å². The van der Waals surface area contributed by atoms with Gasteiger partial charge in [0.25, 0.3) is 5.91 Å². The van der Waals surface area contributed by atoms with Gasteiger partial charge in [-0.25, -0.2) is 0 Å². The molecule has 5 nitrogen and oxygen atoms in total. The highest BCUT2D eigenvalue weighted by molar-refractivity contribution is 5.94. The van der Waals surface area contributed by atoms with Crippen LogP contribution in [-0.2, 0) is 4.79 Å². The van der Waals surface area contributed by atoms with Gasteiger partial charge in [0.2, 0.25) is 5.91 Å². The van der Waals surface area contributed by atoms with Crippen LogP contribution in [0.2, 0.25) is 0 Å². The van der Waals surface area contributed by atoms with Crippen molar-refractivity contribution in [2.24, 2.45) is 5.92 Å². The van der Waals surface area contributed by atoms with Gasteiger partial charge in [0, 0.05) is 37.2 Å². The molecule has 0 bridgehead atoms. The highest BCUT2D eigenvalue weighted by Gasteiger charge is 2.28. The first-order valence-corrected chi connectivity index (χ1v) is 8.59. The fourth-order valence-corrected chi connectivity index (χ4v) is 3.41. The molecule has 132 valence electrons. The van der Waals surface area contributed by atoms with Crippen LogP contribution in [-0.4, -0.2) is 48.9 Å². The second-order valence-corrected chi connectivity index (χ2v) is 6.47. The third-order valence-corrected chi connectivity index (χ3v) is 4.86. The molecule has 2 amide bonds. The third-order valence-electron chi connectivity index (χ3n) is 4.86. The van der Waals surface area contributed by atoms with Crippen molar-refractivity contribution in [1.82, 2.24) is 15.5 Å². The number of carbonyl (C=O) groups is 2. The van der Waals surface area contributed by atoms with Crippen molar-refractivity contribution in [3.05, 3.63) is 35.9 Å². The summed E-state index contributed by atoms with van der Waals surface area (Å²) >= 11 is 0. The quantitative estimate of drug-likeness (QED) is 0.870. The number of nitrogens with zero attached hydrogens (tertiary/aromatic N) is 1. The summed E-state index contributed by atoms with van der Waals surface area (Å²) in [6.07, 6.45) is 3.84. The SMILES string of the molecule is Cl.O=C(NCC1CCCN1)C1CCN(C(=O)c2ccccc2)CC1. The molecule has 24 heavy (non-hydrogen) atoms. The molecular formula is C18H26ClN3O2. The van der Waals surface area contributed by atoms with Gasteiger partial charge in [0.05, 0.1) is 0 Å². The summed E-state index contributed by atoms with van der Waals surface area (Å²) in [5.74, 6) is 0.251. The first-order chi connectivity index (χ1) is 11.2. The number of carbonyl (C=O) groups excluding carboxylic acids is 2. The van der Waals surface area contributed by atoms with E-state index in [1.807, 2.05) is 35.2 Å². The Kier molecular flexibility index (Phi) is 7.06. The first-order valence-electron chi connectivity index (χ1n) is 8.59. The second kappa shape index (κ2) is 9.04. The molecule has 1 aromatic rings. The summed E-state index contributed by atoms with van der Waals surface area (Å²) in [5, 5.41) is 6.45. The maximum atomic E-state index is 12.4. The van der Waals surface area contributed by atoms with Crippen LogP contribution in [0, 0.1) is 5.92 Å². The molecule has 0 radical (unpaired) electrons. The zero-order chi connectivity index (χ0) is 16.1. The molecule has 1 unspecified atom stereocenters. The van der Waals surface area contributed by atoms with E-state index in [0.29, 0.717) is 19.1 Å². The Morgan fingerprint density at radius 2 is 1.83 bits per heavy atom. The lowest BCUT2D eigenvalue weighted by atomic mass is 9.95. The van der Waals surface area contributed by atoms with Gasteiger partial charge in [0.1, 0.15) is 0 Å². The minimum absolute atomic E-state index is 0. The summed E-state index contributed by atoms with van der Waals surface area (Å²) in [6.45, 7) is 3.10. The van der Waals surface area contributed by atoms with E-state index in [0.717, 1.165) is 37.9 Å². The maximum absolute atomic E-state index is 12.4. The van der Waals surface area contributed by atoms with Gasteiger partial charge in [-0.2, -0.15) is 0 Å². The second-order valence-electron chi connectivity index (χ2n) is 6.47. The summed E-state index contributed by atoms with van der Waals surface area (Å²) < 4.78 is 0. The van der Waals surface area contributed by atoms with Crippen molar-refractivity contribution < 1.29 is 9.59 Å². The predicted molar refractivity (Wildman–Crippen MR) is 96.4 cm³/mol. The number of amides is 2. The Bertz CT molecular complexity index is 538. The molecule has 2 fully saturated rings. The average Bonchev–Trinajstić information content (AvgIpc) is 3.13. The number of hydrogen-bond donors (Lipinski definition) is 2. The fraction of sp³-hybridized carbons (Fsp3) is 0.556. The summed E-state index contributed by atoms with van der Waals surface area (Å²) in [6, 6.07) is 9.78. The zero-order valence-corrected chi connectivity index (χ0v) is 14.7. The van der Waals surface area contributed by atoms with Gasteiger partial charge in [-0.05, 0) is 44.4 Å². The van der Waals surface area contributed by atoms with Crippen LogP contribution in [0.5, 0.6) is 0 Å². The number of halogens is 1. The number of piperidine rings is 1. The van der Waals surface area contributed by atoms with Gasteiger partial charge >= 0.3 is 0 Å². The van der Waals surface area contributed by atoms with Crippen LogP contribution in [0.3, 0.4) is 0 Å². The van der Waals surface area contributed by atoms with E-state index in [1.54, 1.807) is 0 Å². The Balaban J connectivity index is 0.00000208. The number of hydrogen-bond acceptors (Lipinski definition) is 3. The van der Waals surface area contributed by atoms with Crippen LogP contribution in [0.25, 0.3) is 0 Å². The van der Waals surface area contributed by atoms with Crippen LogP contribution in [0.1, 0.15) is 36.0 Å². The third kappa shape index (κ3) is 4.71. The van der Waals surface area contributed by atoms with Crippen LogP contribution >= 0.6 is 12.4 Å². The van der Waals surface area contributed by atoms with Gasteiger partial charge < -0.3 is 15.5 Å². The molecule has 2 N–H and O–H groups in total. The number of rotatable bonds is 4. The van der Waals surface area contributed by atoms with Gasteiger partial charge in [-0.3, -0.25) is 9.59 Å². The molecule has 2 aliphatic heterocycles. The minimum atomic E-state index is 0. The predicted octanol–water partition coefficient (Wildman–Crippen LogP) is 1.83. The molecule has 0 aromatic heterocycles. The van der Waals surface area contributed by atoms with Gasteiger partial charge in [0.15, 0.2) is 0 Å². The first kappa shape index (κ1) is 18.7. The molecule has 1 aromatic carbocycles. The molecule has 3 rings (SSSR count). The summed E-state index contributed by atoms with van der Waals surface area (Å²) in [7, 11) is 0. The van der Waals surface area contributed by atoms with E-state index in [4.69, 9.17) is 0 Å². The zero-order valence-electron chi connectivity index (χ0n) is 13.9. The molecule has 2 saturated heterocycles. The molecular weight excluding hydrogens is 326 g/mol. The molecule has 0 saturated carbocycles. The molecule has 2 heterocycles. The van der Waals surface area contributed by atoms with Crippen molar-refractivity contribution in [2.45, 2.75) is 31.7 Å². The lowest BCUT2D eigenvalue weighted by Gasteiger charge is -2.31. The van der Waals surface area contributed by atoms with Crippen molar-refractivity contribution in [3.63, 3.8) is 0 Å². The lowest BCUT2D eigenvalue weighted by molar-refractivity contribution is -0.126. The number of likely N-dealkylation sites (tertiary alicyclic amines) is 1. The van der Waals surface area contributed by atoms with Crippen LogP contribution in [0.4, 0.5) is 0 Å². The Morgan fingerprint density at radius 3 is 2.46 bits per heavy atom. The minimum Gasteiger partial charge on any atom is -0.354 e. The monoisotopic (exact) mass is 351 g/mol. The van der Waals surface area contributed by atoms with Crippen molar-refractivity contribution >= 4 is 24.2 Å². The van der Waals surface area contributed by atoms with Crippen LogP contribution < -0.4 is 10.6 Å². The molecule has 1 atom stereocenters. The van der Waals surface area contributed by atoms with E-state index in [2.05, 4.69) is 10.6 Å². The highest BCUT2D eigenvalue weighted by Crippen LogP contribution is 2.19. The van der Waals surface area contributed by atoms with Crippen molar-refractivity contribution in [1.29, 1.82) is 0 Å². The fourth-order valence-electron chi connectivity index (χ4n) is 3.41. The van der Waals surface area contributed by atoms with E-state index >= 15 is 0 Å². The standard InChI is InChI=1S/C18H25N3O2.ClH/c22-17(20-13-16-7-4-10-19-16)14-8-11-21(12-9-14)18(23)15-5-2-1-3-6-15;/h1-3,5-6,14,16,19H,4,7-13H2,(H,20,22);1H. The Morgan fingerprint density at radius 1 is 1.12 bits per heavy atom. The Hall–Kier alpha value is -1.59. The lowest BCUT2D eigenvalue weighted by Crippen LogP contribution is -2.45.